The lowest BCUT2D eigenvalue weighted by atomic mass is 10.4. The topological polar surface area (TPSA) is 99.4 Å². The Morgan fingerprint density at radius 2 is 2.21 bits per heavy atom. The number of aromatic nitrogens is 2. The molecule has 1 aromatic rings. The summed E-state index contributed by atoms with van der Waals surface area (Å²) < 4.78 is 10.6. The Hall–Kier alpha value is -1.96. The Balaban J connectivity index is 2.52. The molecule has 1 heterocycles. The largest absolute Gasteiger partial charge is 0.470 e. The van der Waals surface area contributed by atoms with Gasteiger partial charge in [0.1, 0.15) is 12.8 Å². The highest BCUT2D eigenvalue weighted by molar-refractivity contribution is 5.42. The van der Waals surface area contributed by atoms with Crippen LogP contribution in [0.5, 0.6) is 5.88 Å². The van der Waals surface area contributed by atoms with Crippen molar-refractivity contribution in [3.05, 3.63) is 16.3 Å². The molecule has 8 heteroatoms. The SMILES string of the molecule is CCCCOCCOc1nc(NC)ncc1[N+](=O)[O-]. The molecule has 0 atom stereocenters. The number of nitro groups is 1. The number of hydrogen-bond donors (Lipinski definition) is 1. The minimum atomic E-state index is -0.577. The van der Waals surface area contributed by atoms with Crippen molar-refractivity contribution >= 4 is 11.6 Å². The van der Waals surface area contributed by atoms with Crippen LogP contribution in [0.3, 0.4) is 0 Å². The summed E-state index contributed by atoms with van der Waals surface area (Å²) in [4.78, 5) is 17.9. The second kappa shape index (κ2) is 8.20. The summed E-state index contributed by atoms with van der Waals surface area (Å²) in [7, 11) is 1.62. The van der Waals surface area contributed by atoms with Crippen molar-refractivity contribution in [1.29, 1.82) is 0 Å². The van der Waals surface area contributed by atoms with Gasteiger partial charge in [0.2, 0.25) is 5.95 Å². The lowest BCUT2D eigenvalue weighted by molar-refractivity contribution is -0.386. The Morgan fingerprint density at radius 1 is 1.42 bits per heavy atom. The summed E-state index contributed by atoms with van der Waals surface area (Å²) >= 11 is 0. The molecule has 0 aromatic carbocycles. The number of ether oxygens (including phenoxy) is 2. The van der Waals surface area contributed by atoms with E-state index in [1.807, 2.05) is 0 Å². The molecule has 19 heavy (non-hydrogen) atoms. The summed E-state index contributed by atoms with van der Waals surface area (Å²) in [6.07, 6.45) is 3.16. The van der Waals surface area contributed by atoms with Crippen molar-refractivity contribution in [1.82, 2.24) is 9.97 Å². The maximum absolute atomic E-state index is 10.8. The Labute approximate surface area is 111 Å². The van der Waals surface area contributed by atoms with Gasteiger partial charge in [-0.05, 0) is 6.42 Å². The van der Waals surface area contributed by atoms with Gasteiger partial charge in [-0.1, -0.05) is 13.3 Å². The number of anilines is 1. The normalized spacial score (nSPS) is 10.2. The molecule has 0 aliphatic heterocycles. The second-order valence-corrected chi connectivity index (χ2v) is 3.71. The van der Waals surface area contributed by atoms with E-state index in [0.717, 1.165) is 19.0 Å². The highest BCUT2D eigenvalue weighted by Crippen LogP contribution is 2.24. The van der Waals surface area contributed by atoms with Crippen molar-refractivity contribution in [3.8, 4) is 5.88 Å². The smallest absolute Gasteiger partial charge is 0.349 e. The zero-order valence-corrected chi connectivity index (χ0v) is 11.1. The van der Waals surface area contributed by atoms with E-state index >= 15 is 0 Å². The third-order valence-electron chi connectivity index (χ3n) is 2.26. The van der Waals surface area contributed by atoms with Gasteiger partial charge in [-0.3, -0.25) is 10.1 Å². The van der Waals surface area contributed by atoms with Crippen LogP contribution in [0.4, 0.5) is 11.6 Å². The van der Waals surface area contributed by atoms with Gasteiger partial charge in [-0.2, -0.15) is 4.98 Å². The lowest BCUT2D eigenvalue weighted by Crippen LogP contribution is -2.10. The maximum atomic E-state index is 10.8. The van der Waals surface area contributed by atoms with E-state index in [0.29, 0.717) is 13.2 Å². The predicted octanol–water partition coefficient (Wildman–Crippen LogP) is 1.62. The van der Waals surface area contributed by atoms with Gasteiger partial charge < -0.3 is 14.8 Å². The van der Waals surface area contributed by atoms with E-state index in [2.05, 4.69) is 22.2 Å². The quantitative estimate of drug-likeness (QED) is 0.413. The zero-order chi connectivity index (χ0) is 14.1. The van der Waals surface area contributed by atoms with Gasteiger partial charge in [0.25, 0.3) is 5.88 Å². The molecule has 0 amide bonds. The lowest BCUT2D eigenvalue weighted by Gasteiger charge is -2.07. The van der Waals surface area contributed by atoms with Crippen LogP contribution in [0.25, 0.3) is 0 Å². The summed E-state index contributed by atoms with van der Waals surface area (Å²) in [5.74, 6) is 0.218. The van der Waals surface area contributed by atoms with Crippen LogP contribution in [0, 0.1) is 10.1 Å². The molecule has 0 radical (unpaired) electrons. The standard InChI is InChI=1S/C11H18N4O4/c1-3-4-5-18-6-7-19-10-9(15(16)17)8-13-11(12-2)14-10/h8H,3-7H2,1-2H3,(H,12,13,14). The third kappa shape index (κ3) is 5.04. The Kier molecular flexibility index (Phi) is 6.51. The molecule has 0 aliphatic carbocycles. The second-order valence-electron chi connectivity index (χ2n) is 3.71. The molecule has 0 aliphatic rings. The Bertz CT molecular complexity index is 414. The summed E-state index contributed by atoms with van der Waals surface area (Å²) in [5.41, 5.74) is -0.257. The molecule has 0 saturated carbocycles. The summed E-state index contributed by atoms with van der Waals surface area (Å²) in [5, 5.41) is 13.5. The van der Waals surface area contributed by atoms with Crippen LogP contribution < -0.4 is 10.1 Å². The molecule has 1 aromatic heterocycles. The molecular formula is C11H18N4O4. The highest BCUT2D eigenvalue weighted by atomic mass is 16.6. The zero-order valence-electron chi connectivity index (χ0n) is 11.1. The van der Waals surface area contributed by atoms with Gasteiger partial charge in [0, 0.05) is 13.7 Å². The van der Waals surface area contributed by atoms with Crippen molar-refractivity contribution in [2.45, 2.75) is 19.8 Å². The van der Waals surface area contributed by atoms with Crippen molar-refractivity contribution in [3.63, 3.8) is 0 Å². The van der Waals surface area contributed by atoms with E-state index in [9.17, 15) is 10.1 Å². The molecular weight excluding hydrogens is 252 g/mol. The van der Waals surface area contributed by atoms with Crippen LogP contribution in [-0.4, -0.2) is 41.8 Å². The van der Waals surface area contributed by atoms with E-state index in [1.54, 1.807) is 7.05 Å². The van der Waals surface area contributed by atoms with Gasteiger partial charge in [-0.15, -0.1) is 0 Å². The monoisotopic (exact) mass is 270 g/mol. The molecule has 1 N–H and O–H groups in total. The first-order valence-corrected chi connectivity index (χ1v) is 6.08. The molecule has 8 nitrogen and oxygen atoms in total. The number of rotatable bonds is 9. The Morgan fingerprint density at radius 3 is 2.84 bits per heavy atom. The van der Waals surface area contributed by atoms with E-state index in [1.165, 1.54) is 0 Å². The summed E-state index contributed by atoms with van der Waals surface area (Å²) in [6, 6.07) is 0. The molecule has 0 spiro atoms. The predicted molar refractivity (Wildman–Crippen MR) is 69.5 cm³/mol. The van der Waals surface area contributed by atoms with Crippen molar-refractivity contribution < 1.29 is 14.4 Å². The first kappa shape index (κ1) is 15.1. The maximum Gasteiger partial charge on any atom is 0.349 e. The molecule has 0 bridgehead atoms. The van der Waals surface area contributed by atoms with Gasteiger partial charge >= 0.3 is 5.69 Å². The number of nitrogens with zero attached hydrogens (tertiary/aromatic N) is 3. The molecule has 1 rings (SSSR count). The molecule has 106 valence electrons. The van der Waals surface area contributed by atoms with Crippen LogP contribution in [0.15, 0.2) is 6.20 Å². The fraction of sp³-hybridized carbons (Fsp3) is 0.636. The average molecular weight is 270 g/mol. The van der Waals surface area contributed by atoms with Crippen LogP contribution >= 0.6 is 0 Å². The van der Waals surface area contributed by atoms with Crippen LogP contribution in [0.2, 0.25) is 0 Å². The molecule has 0 unspecified atom stereocenters. The summed E-state index contributed by atoms with van der Waals surface area (Å²) in [6.45, 7) is 3.32. The van der Waals surface area contributed by atoms with Gasteiger partial charge in [0.15, 0.2) is 0 Å². The number of nitrogens with one attached hydrogen (secondary N) is 1. The van der Waals surface area contributed by atoms with E-state index in [4.69, 9.17) is 9.47 Å². The third-order valence-corrected chi connectivity index (χ3v) is 2.26. The highest BCUT2D eigenvalue weighted by Gasteiger charge is 2.18. The van der Waals surface area contributed by atoms with Crippen molar-refractivity contribution in [2.24, 2.45) is 0 Å². The first-order chi connectivity index (χ1) is 9.19. The average Bonchev–Trinajstić information content (AvgIpc) is 2.42. The molecule has 0 saturated heterocycles. The molecule has 0 fully saturated rings. The fourth-order valence-electron chi connectivity index (χ4n) is 1.26. The van der Waals surface area contributed by atoms with Crippen LogP contribution in [-0.2, 0) is 4.74 Å². The minimum absolute atomic E-state index is 0.0524. The van der Waals surface area contributed by atoms with Gasteiger partial charge in [-0.25, -0.2) is 4.98 Å². The fourth-order valence-corrected chi connectivity index (χ4v) is 1.26. The van der Waals surface area contributed by atoms with Crippen molar-refractivity contribution in [2.75, 3.05) is 32.2 Å². The first-order valence-electron chi connectivity index (χ1n) is 6.08. The number of hydrogen-bond acceptors (Lipinski definition) is 7. The minimum Gasteiger partial charge on any atom is -0.470 e. The van der Waals surface area contributed by atoms with Crippen LogP contribution in [0.1, 0.15) is 19.8 Å². The van der Waals surface area contributed by atoms with Gasteiger partial charge in [0.05, 0.1) is 11.5 Å². The number of unbranched alkanes of at least 4 members (excludes halogenated alkanes) is 1. The van der Waals surface area contributed by atoms with E-state index < -0.39 is 4.92 Å². The van der Waals surface area contributed by atoms with E-state index in [-0.39, 0.29) is 24.1 Å².